The summed E-state index contributed by atoms with van der Waals surface area (Å²) in [5.41, 5.74) is 0.984. The third kappa shape index (κ3) is 8.44. The third-order valence-electron chi connectivity index (χ3n) is 5.80. The number of rotatable bonds is 10. The number of nitrogens with one attached hydrogen (secondary N) is 1. The normalized spacial score (nSPS) is 20.6. The van der Waals surface area contributed by atoms with Gasteiger partial charge in [-0.05, 0) is 42.7 Å². The molecule has 1 fully saturated rings. The van der Waals surface area contributed by atoms with Crippen LogP contribution in [0.15, 0.2) is 85.1 Å². The number of hydrogen-bond donors (Lipinski definition) is 1. The summed E-state index contributed by atoms with van der Waals surface area (Å²) in [6.45, 7) is 4.52. The van der Waals surface area contributed by atoms with Crippen molar-refractivity contribution >= 4 is 5.91 Å². The van der Waals surface area contributed by atoms with Gasteiger partial charge in [0, 0.05) is 57.6 Å². The zero-order chi connectivity index (χ0) is 23.3. The van der Waals surface area contributed by atoms with Gasteiger partial charge in [0.2, 0.25) is 5.91 Å². The first kappa shape index (κ1) is 24.6. The summed E-state index contributed by atoms with van der Waals surface area (Å²) in [5, 5.41) is 3.63. The lowest BCUT2D eigenvalue weighted by molar-refractivity contribution is -0.127. The molecule has 2 atom stereocenters. The molecule has 1 aromatic heterocycles. The molecule has 1 N–H and O–H groups in total. The fourth-order valence-electron chi connectivity index (χ4n) is 3.92. The summed E-state index contributed by atoms with van der Waals surface area (Å²) >= 11 is 0. The Hall–Kier alpha value is -3.03. The van der Waals surface area contributed by atoms with Crippen LogP contribution in [0.3, 0.4) is 0 Å². The minimum atomic E-state index is -0.167. The Labute approximate surface area is 195 Å². The maximum absolute atomic E-state index is 13.5. The van der Waals surface area contributed by atoms with Crippen LogP contribution >= 0.6 is 0 Å². The molecule has 2 heterocycles. The van der Waals surface area contributed by atoms with Gasteiger partial charge in [-0.2, -0.15) is 0 Å². The molecule has 2 aliphatic rings. The van der Waals surface area contributed by atoms with Crippen molar-refractivity contribution in [3.8, 4) is 0 Å². The largest absolute Gasteiger partial charge is 0.504 e. The van der Waals surface area contributed by atoms with E-state index in [2.05, 4.69) is 15.2 Å². The second kappa shape index (κ2) is 13.5. The molecule has 6 nitrogen and oxygen atoms in total. The Balaban J connectivity index is 1.50. The third-order valence-corrected chi connectivity index (χ3v) is 5.80. The van der Waals surface area contributed by atoms with Crippen LogP contribution in [0.25, 0.3) is 0 Å². The van der Waals surface area contributed by atoms with Crippen LogP contribution in [0.5, 0.6) is 0 Å². The summed E-state index contributed by atoms with van der Waals surface area (Å²) in [5.74, 6) is 0.0740. The first-order valence-corrected chi connectivity index (χ1v) is 11.4. The summed E-state index contributed by atoms with van der Waals surface area (Å²) in [4.78, 5) is 21.1. The van der Waals surface area contributed by atoms with E-state index in [-0.39, 0.29) is 23.7 Å². The van der Waals surface area contributed by atoms with Crippen LogP contribution in [-0.2, 0) is 16.1 Å². The molecular formula is C26H33FN4O2. The van der Waals surface area contributed by atoms with Crippen molar-refractivity contribution in [3.05, 3.63) is 90.8 Å². The number of nitrogens with zero attached hydrogens (tertiary/aromatic N) is 3. The highest BCUT2D eigenvalue weighted by atomic mass is 19.1. The van der Waals surface area contributed by atoms with Gasteiger partial charge in [-0.1, -0.05) is 30.4 Å². The molecule has 33 heavy (non-hydrogen) atoms. The number of allylic oxidation sites excluding steroid dienone is 7. The first-order chi connectivity index (χ1) is 16.2. The predicted octanol–water partition coefficient (Wildman–Crippen LogP) is 3.39. The number of aromatic nitrogens is 1. The average molecular weight is 453 g/mol. The van der Waals surface area contributed by atoms with Gasteiger partial charge in [0.05, 0.1) is 19.1 Å². The molecule has 7 heteroatoms. The van der Waals surface area contributed by atoms with Crippen molar-refractivity contribution in [2.45, 2.75) is 19.0 Å². The van der Waals surface area contributed by atoms with E-state index >= 15 is 0 Å². The lowest BCUT2D eigenvalue weighted by atomic mass is 9.91. The smallest absolute Gasteiger partial charge is 0.246 e. The van der Waals surface area contributed by atoms with E-state index in [1.54, 1.807) is 56.0 Å². The average Bonchev–Trinajstić information content (AvgIpc) is 2.85. The molecule has 0 saturated carbocycles. The Morgan fingerprint density at radius 3 is 2.76 bits per heavy atom. The molecule has 2 unspecified atom stereocenters. The number of methoxy groups -OCH3 is 1. The first-order valence-electron chi connectivity index (χ1n) is 11.4. The van der Waals surface area contributed by atoms with Gasteiger partial charge >= 0.3 is 0 Å². The molecular weight excluding hydrogens is 419 g/mol. The number of ether oxygens (including phenoxy) is 1. The van der Waals surface area contributed by atoms with Crippen molar-refractivity contribution in [2.75, 3.05) is 39.8 Å². The molecule has 1 amide bonds. The van der Waals surface area contributed by atoms with Gasteiger partial charge < -0.3 is 15.0 Å². The minimum Gasteiger partial charge on any atom is -0.504 e. The van der Waals surface area contributed by atoms with Crippen LogP contribution in [0, 0.1) is 5.92 Å². The fourth-order valence-corrected chi connectivity index (χ4v) is 3.92. The molecule has 0 bridgehead atoms. The lowest BCUT2D eigenvalue weighted by Crippen LogP contribution is -2.53. The molecule has 1 aromatic rings. The standard InChI is InChI=1S/C26H33FN4O2/c1-33-19-7-3-2-4-9-26(32)31-17-15-30(16-18-31)21-25(22-10-12-23(27)13-11-22)29-20-24-8-5-6-14-28-24/h2-10,12-14,19,22,25,29H,11,15-18,20-21H2,1H3/b3-2-,9-4+,19-7+. The van der Waals surface area contributed by atoms with Gasteiger partial charge in [-0.15, -0.1) is 0 Å². The number of amides is 1. The van der Waals surface area contributed by atoms with Gasteiger partial charge in [-0.3, -0.25) is 14.7 Å². The van der Waals surface area contributed by atoms with Crippen molar-refractivity contribution < 1.29 is 13.9 Å². The molecule has 0 radical (unpaired) electrons. The summed E-state index contributed by atoms with van der Waals surface area (Å²) in [6.07, 6.45) is 17.9. The molecule has 1 aliphatic carbocycles. The van der Waals surface area contributed by atoms with Gasteiger partial charge in [0.15, 0.2) is 0 Å². The zero-order valence-corrected chi connectivity index (χ0v) is 19.1. The summed E-state index contributed by atoms with van der Waals surface area (Å²) < 4.78 is 18.3. The predicted molar refractivity (Wildman–Crippen MR) is 129 cm³/mol. The molecule has 3 rings (SSSR count). The highest BCUT2D eigenvalue weighted by Crippen LogP contribution is 2.22. The van der Waals surface area contributed by atoms with Crippen LogP contribution in [-0.4, -0.2) is 66.6 Å². The Kier molecular flexibility index (Phi) is 10.1. The minimum absolute atomic E-state index is 0.0238. The maximum Gasteiger partial charge on any atom is 0.246 e. The molecule has 1 saturated heterocycles. The highest BCUT2D eigenvalue weighted by molar-refractivity contribution is 5.87. The molecule has 176 valence electrons. The summed E-state index contributed by atoms with van der Waals surface area (Å²) in [6, 6.07) is 6.05. The van der Waals surface area contributed by atoms with Crippen molar-refractivity contribution in [2.24, 2.45) is 5.92 Å². The fraction of sp³-hybridized carbons (Fsp3) is 0.385. The molecule has 0 aromatic carbocycles. The lowest BCUT2D eigenvalue weighted by Gasteiger charge is -2.38. The Morgan fingerprint density at radius 2 is 2.06 bits per heavy atom. The molecule has 1 aliphatic heterocycles. The second-order valence-electron chi connectivity index (χ2n) is 8.09. The van der Waals surface area contributed by atoms with E-state index in [4.69, 9.17) is 4.74 Å². The summed E-state index contributed by atoms with van der Waals surface area (Å²) in [7, 11) is 1.59. The maximum atomic E-state index is 13.5. The Bertz CT molecular complexity index is 887. The van der Waals surface area contributed by atoms with Crippen LogP contribution < -0.4 is 5.32 Å². The number of carbonyl (C=O) groups is 1. The van der Waals surface area contributed by atoms with Crippen molar-refractivity contribution in [1.82, 2.24) is 20.1 Å². The van der Waals surface area contributed by atoms with E-state index in [0.29, 0.717) is 26.1 Å². The monoisotopic (exact) mass is 452 g/mol. The van der Waals surface area contributed by atoms with Crippen molar-refractivity contribution in [1.29, 1.82) is 0 Å². The quantitative estimate of drug-likeness (QED) is 0.335. The van der Waals surface area contributed by atoms with Gasteiger partial charge in [0.1, 0.15) is 5.83 Å². The van der Waals surface area contributed by atoms with Crippen LogP contribution in [0.2, 0.25) is 0 Å². The van der Waals surface area contributed by atoms with E-state index in [9.17, 15) is 9.18 Å². The number of pyridine rings is 1. The Morgan fingerprint density at radius 1 is 1.24 bits per heavy atom. The van der Waals surface area contributed by atoms with E-state index in [1.807, 2.05) is 35.3 Å². The van der Waals surface area contributed by atoms with E-state index < -0.39 is 0 Å². The number of carbonyl (C=O) groups excluding carboxylic acids is 1. The van der Waals surface area contributed by atoms with E-state index in [0.717, 1.165) is 25.3 Å². The SMILES string of the molecule is CO/C=C/C=C\C=C\C(=O)N1CCN(CC(NCc2ccccn2)C2C=CC(F)=CC2)CC1. The van der Waals surface area contributed by atoms with Crippen LogP contribution in [0.4, 0.5) is 4.39 Å². The number of hydrogen-bond acceptors (Lipinski definition) is 5. The van der Waals surface area contributed by atoms with Gasteiger partial charge in [0.25, 0.3) is 0 Å². The van der Waals surface area contributed by atoms with Gasteiger partial charge in [-0.25, -0.2) is 4.39 Å². The number of piperazine rings is 1. The zero-order valence-electron chi connectivity index (χ0n) is 19.1. The number of halogens is 1. The molecule has 0 spiro atoms. The second-order valence-corrected chi connectivity index (χ2v) is 8.09. The van der Waals surface area contributed by atoms with Crippen LogP contribution in [0.1, 0.15) is 12.1 Å². The highest BCUT2D eigenvalue weighted by Gasteiger charge is 2.26. The topological polar surface area (TPSA) is 57.7 Å². The van der Waals surface area contributed by atoms with E-state index in [1.165, 1.54) is 0 Å². The van der Waals surface area contributed by atoms with Crippen molar-refractivity contribution in [3.63, 3.8) is 0 Å².